The van der Waals surface area contributed by atoms with Gasteiger partial charge < -0.3 is 15.0 Å². The van der Waals surface area contributed by atoms with Gasteiger partial charge in [0.2, 0.25) is 5.91 Å². The zero-order valence-corrected chi connectivity index (χ0v) is 13.6. The molecule has 4 nitrogen and oxygen atoms in total. The summed E-state index contributed by atoms with van der Waals surface area (Å²) in [6, 6.07) is 16.3. The van der Waals surface area contributed by atoms with E-state index < -0.39 is 0 Å². The first-order valence-electron chi connectivity index (χ1n) is 8.01. The molecule has 0 saturated carbocycles. The number of benzene rings is 2. The molecule has 1 N–H and O–H groups in total. The second-order valence-electron chi connectivity index (χ2n) is 5.71. The number of hydrogen-bond acceptors (Lipinski definition) is 3. The Morgan fingerprint density at radius 2 is 1.83 bits per heavy atom. The van der Waals surface area contributed by atoms with Crippen LogP contribution in [0.2, 0.25) is 0 Å². The molecule has 2 aromatic rings. The Balaban J connectivity index is 2.18. The second-order valence-corrected chi connectivity index (χ2v) is 5.71. The molecule has 3 rings (SSSR count). The Bertz CT molecular complexity index is 699. The molecule has 0 aromatic heterocycles. The quantitative estimate of drug-likeness (QED) is 0.941. The molecule has 1 atom stereocenters. The summed E-state index contributed by atoms with van der Waals surface area (Å²) in [6.45, 7) is 2.67. The summed E-state index contributed by atoms with van der Waals surface area (Å²) in [5.41, 5.74) is 3.25. The van der Waals surface area contributed by atoms with Crippen molar-refractivity contribution in [3.63, 3.8) is 0 Å². The largest absolute Gasteiger partial charge is 0.495 e. The zero-order chi connectivity index (χ0) is 16.2. The third-order valence-electron chi connectivity index (χ3n) is 4.33. The Kier molecular flexibility index (Phi) is 4.51. The minimum absolute atomic E-state index is 0.0891. The molecule has 1 aliphatic heterocycles. The van der Waals surface area contributed by atoms with Crippen LogP contribution >= 0.6 is 0 Å². The third-order valence-corrected chi connectivity index (χ3v) is 4.33. The zero-order valence-electron chi connectivity index (χ0n) is 13.6. The van der Waals surface area contributed by atoms with Crippen LogP contribution in [0.25, 0.3) is 0 Å². The van der Waals surface area contributed by atoms with Gasteiger partial charge in [-0.15, -0.1) is 0 Å². The monoisotopic (exact) mass is 310 g/mol. The SMILES string of the molecule is CCC1CC(=O)NCc2ccccc2N1c1ccccc1OC. The fourth-order valence-electron chi connectivity index (χ4n) is 3.15. The molecular weight excluding hydrogens is 288 g/mol. The molecule has 0 spiro atoms. The third kappa shape index (κ3) is 3.02. The molecule has 120 valence electrons. The number of nitrogens with one attached hydrogen (secondary N) is 1. The van der Waals surface area contributed by atoms with Gasteiger partial charge in [-0.2, -0.15) is 0 Å². The van der Waals surface area contributed by atoms with Crippen molar-refractivity contribution in [2.24, 2.45) is 0 Å². The highest BCUT2D eigenvalue weighted by molar-refractivity contribution is 5.81. The number of fused-ring (bicyclic) bond motifs is 1. The number of carbonyl (C=O) groups is 1. The van der Waals surface area contributed by atoms with E-state index in [1.807, 2.05) is 30.3 Å². The number of anilines is 2. The van der Waals surface area contributed by atoms with E-state index in [0.717, 1.165) is 29.1 Å². The van der Waals surface area contributed by atoms with Gasteiger partial charge in [0.05, 0.1) is 12.8 Å². The van der Waals surface area contributed by atoms with Gasteiger partial charge in [0.1, 0.15) is 5.75 Å². The average Bonchev–Trinajstić information content (AvgIpc) is 2.59. The van der Waals surface area contributed by atoms with Gasteiger partial charge in [-0.3, -0.25) is 4.79 Å². The van der Waals surface area contributed by atoms with Crippen LogP contribution in [0.1, 0.15) is 25.3 Å². The highest BCUT2D eigenvalue weighted by Gasteiger charge is 2.27. The molecule has 0 fully saturated rings. The summed E-state index contributed by atoms with van der Waals surface area (Å²) >= 11 is 0. The summed E-state index contributed by atoms with van der Waals surface area (Å²) in [7, 11) is 1.68. The molecule has 0 aliphatic carbocycles. The fourth-order valence-corrected chi connectivity index (χ4v) is 3.15. The summed E-state index contributed by atoms with van der Waals surface area (Å²) in [5, 5.41) is 3.01. The lowest BCUT2D eigenvalue weighted by Crippen LogP contribution is -2.39. The van der Waals surface area contributed by atoms with Crippen LogP contribution in [0.5, 0.6) is 5.75 Å². The van der Waals surface area contributed by atoms with Crippen LogP contribution in [0.3, 0.4) is 0 Å². The van der Waals surface area contributed by atoms with Crippen LogP contribution in [-0.4, -0.2) is 19.1 Å². The lowest BCUT2D eigenvalue weighted by molar-refractivity contribution is -0.121. The molecule has 0 saturated heterocycles. The topological polar surface area (TPSA) is 41.6 Å². The molecule has 1 aliphatic rings. The molecule has 2 aromatic carbocycles. The van der Waals surface area contributed by atoms with Gasteiger partial charge in [-0.05, 0) is 30.2 Å². The van der Waals surface area contributed by atoms with Crippen molar-refractivity contribution in [2.45, 2.75) is 32.4 Å². The highest BCUT2D eigenvalue weighted by Crippen LogP contribution is 2.39. The summed E-state index contributed by atoms with van der Waals surface area (Å²) in [5.74, 6) is 0.910. The van der Waals surface area contributed by atoms with Crippen molar-refractivity contribution in [1.82, 2.24) is 5.32 Å². The first-order chi connectivity index (χ1) is 11.2. The molecule has 23 heavy (non-hydrogen) atoms. The summed E-state index contributed by atoms with van der Waals surface area (Å²) in [4.78, 5) is 14.4. The molecular formula is C19H22N2O2. The number of rotatable bonds is 3. The maximum atomic E-state index is 12.2. The second kappa shape index (κ2) is 6.73. The standard InChI is InChI=1S/C19H22N2O2/c1-3-15-12-19(22)20-13-14-8-4-5-9-16(14)21(15)17-10-6-7-11-18(17)23-2/h4-11,15H,3,12-13H2,1-2H3,(H,20,22). The van der Waals surface area contributed by atoms with Crippen LogP contribution in [0, 0.1) is 0 Å². The van der Waals surface area contributed by atoms with Gasteiger partial charge in [0.15, 0.2) is 0 Å². The number of para-hydroxylation sites is 3. The van der Waals surface area contributed by atoms with Gasteiger partial charge in [0.25, 0.3) is 0 Å². The lowest BCUT2D eigenvalue weighted by atomic mass is 10.0. The van der Waals surface area contributed by atoms with E-state index in [-0.39, 0.29) is 11.9 Å². The highest BCUT2D eigenvalue weighted by atomic mass is 16.5. The maximum Gasteiger partial charge on any atom is 0.222 e. The van der Waals surface area contributed by atoms with Crippen molar-refractivity contribution in [3.8, 4) is 5.75 Å². The Labute approximate surface area is 137 Å². The molecule has 1 amide bonds. The van der Waals surface area contributed by atoms with Crippen LogP contribution in [0.4, 0.5) is 11.4 Å². The predicted molar refractivity (Wildman–Crippen MR) is 92.1 cm³/mol. The van der Waals surface area contributed by atoms with Gasteiger partial charge in [-0.25, -0.2) is 0 Å². The number of nitrogens with zero attached hydrogens (tertiary/aromatic N) is 1. The van der Waals surface area contributed by atoms with Crippen LogP contribution < -0.4 is 15.0 Å². The normalized spacial score (nSPS) is 17.7. The average molecular weight is 310 g/mol. The van der Waals surface area contributed by atoms with E-state index in [0.29, 0.717) is 13.0 Å². The molecule has 4 heteroatoms. The lowest BCUT2D eigenvalue weighted by Gasteiger charge is -2.36. The van der Waals surface area contributed by atoms with E-state index >= 15 is 0 Å². The van der Waals surface area contributed by atoms with Crippen molar-refractivity contribution < 1.29 is 9.53 Å². The first kappa shape index (κ1) is 15.4. The molecule has 0 bridgehead atoms. The number of carbonyl (C=O) groups excluding carboxylic acids is 1. The van der Waals surface area contributed by atoms with Crippen LogP contribution in [-0.2, 0) is 11.3 Å². The Morgan fingerprint density at radius 1 is 1.13 bits per heavy atom. The van der Waals surface area contributed by atoms with Gasteiger partial charge in [0, 0.05) is 24.7 Å². The van der Waals surface area contributed by atoms with E-state index in [9.17, 15) is 4.79 Å². The first-order valence-corrected chi connectivity index (χ1v) is 8.01. The van der Waals surface area contributed by atoms with Crippen molar-refractivity contribution in [1.29, 1.82) is 0 Å². The van der Waals surface area contributed by atoms with Gasteiger partial charge in [-0.1, -0.05) is 37.3 Å². The molecule has 1 unspecified atom stereocenters. The molecule has 1 heterocycles. The maximum absolute atomic E-state index is 12.2. The number of methoxy groups -OCH3 is 1. The van der Waals surface area contributed by atoms with E-state index in [1.54, 1.807) is 7.11 Å². The van der Waals surface area contributed by atoms with Crippen LogP contribution in [0.15, 0.2) is 48.5 Å². The van der Waals surface area contributed by atoms with Gasteiger partial charge >= 0.3 is 0 Å². The number of ether oxygens (including phenoxy) is 1. The number of amides is 1. The van der Waals surface area contributed by atoms with E-state index in [2.05, 4.69) is 35.3 Å². The number of hydrogen-bond donors (Lipinski definition) is 1. The Hall–Kier alpha value is -2.49. The fraction of sp³-hybridized carbons (Fsp3) is 0.316. The molecule has 0 radical (unpaired) electrons. The minimum atomic E-state index is 0.0891. The van der Waals surface area contributed by atoms with Crippen molar-refractivity contribution >= 4 is 17.3 Å². The minimum Gasteiger partial charge on any atom is -0.495 e. The van der Waals surface area contributed by atoms with Crippen molar-refractivity contribution in [3.05, 3.63) is 54.1 Å². The summed E-state index contributed by atoms with van der Waals surface area (Å²) < 4.78 is 5.56. The Morgan fingerprint density at radius 3 is 2.57 bits per heavy atom. The summed E-state index contributed by atoms with van der Waals surface area (Å²) in [6.07, 6.45) is 1.35. The smallest absolute Gasteiger partial charge is 0.222 e. The van der Waals surface area contributed by atoms with E-state index in [1.165, 1.54) is 0 Å². The van der Waals surface area contributed by atoms with E-state index in [4.69, 9.17) is 4.74 Å². The predicted octanol–water partition coefficient (Wildman–Crippen LogP) is 3.63. The van der Waals surface area contributed by atoms with Crippen molar-refractivity contribution in [2.75, 3.05) is 12.0 Å².